The molecule has 0 saturated carbocycles. The summed E-state index contributed by atoms with van der Waals surface area (Å²) in [6.07, 6.45) is 3.43. The second-order valence-corrected chi connectivity index (χ2v) is 3.76. The molecule has 0 fully saturated rings. The smallest absolute Gasteiger partial charge is 0.375 e. The van der Waals surface area contributed by atoms with E-state index in [4.69, 9.17) is 9.15 Å². The Bertz CT molecular complexity index is 260. The molecule has 1 unspecified atom stereocenters. The lowest BCUT2D eigenvalue weighted by Crippen LogP contribution is -2.12. The average Bonchev–Trinajstić information content (AvgIpc) is 2.66. The fourth-order valence-electron chi connectivity index (χ4n) is 0.672. The van der Waals surface area contributed by atoms with E-state index in [-0.39, 0.29) is 10.6 Å². The largest absolute Gasteiger partial charge is 0.459 e. The average molecular weight is 248 g/mol. The highest BCUT2D eigenvalue weighted by Crippen LogP contribution is 2.06. The highest BCUT2D eigenvalue weighted by molar-refractivity contribution is 9.09. The summed E-state index contributed by atoms with van der Waals surface area (Å²) in [6, 6.07) is 0. The van der Waals surface area contributed by atoms with Crippen molar-refractivity contribution in [1.29, 1.82) is 0 Å². The maximum absolute atomic E-state index is 11.1. The molecule has 1 atom stereocenters. The van der Waals surface area contributed by atoms with Crippen LogP contribution in [0.15, 0.2) is 17.0 Å². The van der Waals surface area contributed by atoms with Crippen molar-refractivity contribution >= 4 is 21.9 Å². The van der Waals surface area contributed by atoms with Gasteiger partial charge in [0.1, 0.15) is 6.61 Å². The van der Waals surface area contributed by atoms with E-state index in [1.54, 1.807) is 0 Å². The van der Waals surface area contributed by atoms with Gasteiger partial charge in [-0.05, 0) is 6.42 Å². The van der Waals surface area contributed by atoms with Crippen LogP contribution in [0, 0.1) is 0 Å². The van der Waals surface area contributed by atoms with Gasteiger partial charge >= 0.3 is 5.97 Å². The lowest BCUT2D eigenvalue weighted by Gasteiger charge is -2.05. The van der Waals surface area contributed by atoms with Crippen molar-refractivity contribution in [1.82, 2.24) is 4.98 Å². The van der Waals surface area contributed by atoms with Crippen LogP contribution in [0.25, 0.3) is 0 Å². The van der Waals surface area contributed by atoms with Crippen LogP contribution >= 0.6 is 15.9 Å². The first-order valence-corrected chi connectivity index (χ1v) is 4.85. The first kappa shape index (κ1) is 10.2. The molecule has 5 heteroatoms. The lowest BCUT2D eigenvalue weighted by atomic mass is 10.3. The third-order valence-corrected chi connectivity index (χ3v) is 2.38. The standard InChI is InChI=1S/C8H10BrNO3/c1-2-6(9)4-12-8(11)7-3-10-5-13-7/h3,5-6H,2,4H2,1H3. The fourth-order valence-corrected chi connectivity index (χ4v) is 0.804. The number of hydrogen-bond donors (Lipinski definition) is 0. The molecule has 0 bridgehead atoms. The Morgan fingerprint density at radius 2 is 2.62 bits per heavy atom. The molecule has 0 aromatic carbocycles. The summed E-state index contributed by atoms with van der Waals surface area (Å²) >= 11 is 3.35. The van der Waals surface area contributed by atoms with Crippen LogP contribution < -0.4 is 0 Å². The van der Waals surface area contributed by atoms with E-state index in [1.807, 2.05) is 6.92 Å². The lowest BCUT2D eigenvalue weighted by molar-refractivity contribution is 0.0471. The molecule has 0 radical (unpaired) electrons. The Labute approximate surface area is 84.4 Å². The second kappa shape index (κ2) is 5.01. The zero-order valence-corrected chi connectivity index (χ0v) is 8.78. The minimum absolute atomic E-state index is 0.135. The van der Waals surface area contributed by atoms with E-state index in [0.29, 0.717) is 6.61 Å². The summed E-state index contributed by atoms with van der Waals surface area (Å²) in [4.78, 5) is 15.0. The van der Waals surface area contributed by atoms with Gasteiger partial charge in [-0.1, -0.05) is 22.9 Å². The maximum atomic E-state index is 11.1. The van der Waals surface area contributed by atoms with E-state index in [1.165, 1.54) is 12.6 Å². The summed E-state index contributed by atoms with van der Waals surface area (Å²) in [7, 11) is 0. The van der Waals surface area contributed by atoms with Crippen LogP contribution in [-0.4, -0.2) is 22.4 Å². The SMILES string of the molecule is CCC(Br)COC(=O)c1cnco1. The summed E-state index contributed by atoms with van der Waals surface area (Å²) in [5, 5.41) is 0. The molecule has 1 rings (SSSR count). The number of ether oxygens (including phenoxy) is 1. The predicted octanol–water partition coefficient (Wildman–Crippen LogP) is 2.00. The topological polar surface area (TPSA) is 52.3 Å². The van der Waals surface area contributed by atoms with Crippen molar-refractivity contribution in [3.05, 3.63) is 18.4 Å². The third-order valence-electron chi connectivity index (χ3n) is 1.47. The van der Waals surface area contributed by atoms with Gasteiger partial charge in [0.05, 0.1) is 6.20 Å². The maximum Gasteiger partial charge on any atom is 0.375 e. The molecule has 0 N–H and O–H groups in total. The minimum atomic E-state index is -0.476. The highest BCUT2D eigenvalue weighted by atomic mass is 79.9. The first-order valence-electron chi connectivity index (χ1n) is 3.93. The number of rotatable bonds is 4. The van der Waals surface area contributed by atoms with Crippen LogP contribution in [0.5, 0.6) is 0 Å². The highest BCUT2D eigenvalue weighted by Gasteiger charge is 2.12. The molecule has 0 aliphatic carbocycles. The monoisotopic (exact) mass is 247 g/mol. The number of carbonyl (C=O) groups excluding carboxylic acids is 1. The van der Waals surface area contributed by atoms with Gasteiger partial charge in [-0.15, -0.1) is 0 Å². The molecule has 1 aromatic rings. The number of halogens is 1. The molecule has 72 valence electrons. The second-order valence-electron chi connectivity index (χ2n) is 2.47. The van der Waals surface area contributed by atoms with Crippen molar-refractivity contribution in [2.45, 2.75) is 18.2 Å². The predicted molar refractivity (Wildman–Crippen MR) is 49.8 cm³/mol. The Kier molecular flexibility index (Phi) is 3.95. The summed E-state index contributed by atoms with van der Waals surface area (Å²) in [5.41, 5.74) is 0. The van der Waals surface area contributed by atoms with E-state index >= 15 is 0 Å². The Morgan fingerprint density at radius 3 is 3.15 bits per heavy atom. The van der Waals surface area contributed by atoms with Crippen molar-refractivity contribution in [3.63, 3.8) is 0 Å². The Hall–Kier alpha value is -0.840. The number of hydrogen-bond acceptors (Lipinski definition) is 4. The van der Waals surface area contributed by atoms with Crippen molar-refractivity contribution < 1.29 is 13.9 Å². The molecular formula is C8H10BrNO3. The normalized spacial score (nSPS) is 12.5. The van der Waals surface area contributed by atoms with E-state index in [0.717, 1.165) is 6.42 Å². The minimum Gasteiger partial charge on any atom is -0.459 e. The van der Waals surface area contributed by atoms with Crippen molar-refractivity contribution in [2.24, 2.45) is 0 Å². The summed E-state index contributed by atoms with van der Waals surface area (Å²) in [6.45, 7) is 2.34. The number of oxazole rings is 1. The number of aromatic nitrogens is 1. The molecule has 0 saturated heterocycles. The van der Waals surface area contributed by atoms with Crippen molar-refractivity contribution in [2.75, 3.05) is 6.61 Å². The summed E-state index contributed by atoms with van der Waals surface area (Å²) in [5.74, 6) is -0.341. The molecule has 1 aromatic heterocycles. The van der Waals surface area contributed by atoms with Gasteiger partial charge in [0.25, 0.3) is 0 Å². The van der Waals surface area contributed by atoms with Gasteiger partial charge in [-0.3, -0.25) is 0 Å². The van der Waals surface area contributed by atoms with Gasteiger partial charge in [0.2, 0.25) is 5.76 Å². The zero-order valence-electron chi connectivity index (χ0n) is 7.20. The fraction of sp³-hybridized carbons (Fsp3) is 0.500. The van der Waals surface area contributed by atoms with Crippen LogP contribution in [0.3, 0.4) is 0 Å². The molecule has 4 nitrogen and oxygen atoms in total. The van der Waals surface area contributed by atoms with E-state index in [2.05, 4.69) is 20.9 Å². The summed E-state index contributed by atoms with van der Waals surface area (Å²) < 4.78 is 9.68. The van der Waals surface area contributed by atoms with Crippen LogP contribution in [0.4, 0.5) is 0 Å². The van der Waals surface area contributed by atoms with Gasteiger partial charge in [0, 0.05) is 4.83 Å². The molecule has 13 heavy (non-hydrogen) atoms. The van der Waals surface area contributed by atoms with Crippen LogP contribution in [0.1, 0.15) is 23.9 Å². The van der Waals surface area contributed by atoms with E-state index in [9.17, 15) is 4.79 Å². The number of carbonyl (C=O) groups is 1. The molecule has 0 aliphatic heterocycles. The van der Waals surface area contributed by atoms with E-state index < -0.39 is 5.97 Å². The number of alkyl halides is 1. The number of esters is 1. The quantitative estimate of drug-likeness (QED) is 0.604. The van der Waals surface area contributed by atoms with Gasteiger partial charge in [0.15, 0.2) is 6.39 Å². The Morgan fingerprint density at radius 1 is 1.85 bits per heavy atom. The van der Waals surface area contributed by atoms with Gasteiger partial charge in [-0.2, -0.15) is 0 Å². The third kappa shape index (κ3) is 3.18. The van der Waals surface area contributed by atoms with Gasteiger partial charge in [-0.25, -0.2) is 9.78 Å². The molecule has 1 heterocycles. The van der Waals surface area contributed by atoms with Crippen molar-refractivity contribution in [3.8, 4) is 0 Å². The molecular weight excluding hydrogens is 238 g/mol. The zero-order chi connectivity index (χ0) is 9.68. The first-order chi connectivity index (χ1) is 6.24. The molecule has 0 aliphatic rings. The van der Waals surface area contributed by atoms with Crippen LogP contribution in [-0.2, 0) is 4.74 Å². The molecule has 0 amide bonds. The van der Waals surface area contributed by atoms with Gasteiger partial charge < -0.3 is 9.15 Å². The molecule has 0 spiro atoms. The number of nitrogens with zero attached hydrogens (tertiary/aromatic N) is 1. The van der Waals surface area contributed by atoms with Crippen LogP contribution in [0.2, 0.25) is 0 Å². The Balaban J connectivity index is 2.35.